The van der Waals surface area contributed by atoms with Crippen LogP contribution in [0.15, 0.2) is 42.7 Å². The minimum absolute atomic E-state index is 0.309. The lowest BCUT2D eigenvalue weighted by Gasteiger charge is -2.27. The van der Waals surface area contributed by atoms with Crippen molar-refractivity contribution in [1.29, 1.82) is 0 Å². The molecule has 0 unspecified atom stereocenters. The quantitative estimate of drug-likeness (QED) is 0.205. The van der Waals surface area contributed by atoms with E-state index in [0.717, 1.165) is 24.5 Å². The Hall–Kier alpha value is -1.88. The highest BCUT2D eigenvalue weighted by Gasteiger charge is 2.21. The van der Waals surface area contributed by atoms with Gasteiger partial charge in [-0.05, 0) is 47.6 Å². The molecule has 0 atom stereocenters. The van der Waals surface area contributed by atoms with Crippen molar-refractivity contribution in [2.75, 3.05) is 0 Å². The third-order valence-electron chi connectivity index (χ3n) is 6.69. The predicted molar refractivity (Wildman–Crippen MR) is 124 cm³/mol. The van der Waals surface area contributed by atoms with Gasteiger partial charge in [0.1, 0.15) is 18.0 Å². The fourth-order valence-electron chi connectivity index (χ4n) is 4.75. The highest BCUT2D eigenvalue weighted by atomic mass is 28.3. The molecule has 3 rings (SSSR count). The summed E-state index contributed by atoms with van der Waals surface area (Å²) in [6.45, 7) is 2.27. The van der Waals surface area contributed by atoms with Gasteiger partial charge in [-0.1, -0.05) is 81.4 Å². The second kappa shape index (κ2) is 11.7. The lowest BCUT2D eigenvalue weighted by atomic mass is 9.93. The number of rotatable bonds is 9. The minimum atomic E-state index is -1.55. The van der Waals surface area contributed by atoms with E-state index in [-0.39, 0.29) is 0 Å². The summed E-state index contributed by atoms with van der Waals surface area (Å²) in [5.41, 5.74) is 1.21. The van der Waals surface area contributed by atoms with Gasteiger partial charge in [-0.3, -0.25) is 0 Å². The molecule has 168 valence electrons. The molecule has 2 aromatic rings. The molecule has 0 nitrogen and oxygen atoms in total. The lowest BCUT2D eigenvalue weighted by Crippen LogP contribution is -2.21. The summed E-state index contributed by atoms with van der Waals surface area (Å²) in [6, 6.07) is 14.3. The van der Waals surface area contributed by atoms with E-state index in [0.29, 0.717) is 11.1 Å². The maximum absolute atomic E-state index is 14.1. The van der Waals surface area contributed by atoms with Gasteiger partial charge in [-0.2, -0.15) is 0 Å². The first-order valence-corrected chi connectivity index (χ1v) is 14.0. The van der Waals surface area contributed by atoms with Crippen LogP contribution in [0.5, 0.6) is 0 Å². The van der Waals surface area contributed by atoms with Crippen molar-refractivity contribution in [3.63, 3.8) is 0 Å². The number of halogens is 4. The molecule has 1 heterocycles. The van der Waals surface area contributed by atoms with Crippen LogP contribution in [-0.4, -0.2) is 8.80 Å². The van der Waals surface area contributed by atoms with Crippen molar-refractivity contribution >= 4 is 14.6 Å². The third-order valence-corrected chi connectivity index (χ3v) is 10.2. The molecule has 5 heteroatoms. The molecular formula is C26H32F4Si. The lowest BCUT2D eigenvalue weighted by molar-refractivity contribution is 0.437. The van der Waals surface area contributed by atoms with E-state index in [1.54, 1.807) is 0 Å². The van der Waals surface area contributed by atoms with Crippen molar-refractivity contribution in [3.8, 4) is 11.1 Å². The maximum atomic E-state index is 14.1. The summed E-state index contributed by atoms with van der Waals surface area (Å²) < 4.78 is 53.8. The molecule has 1 saturated heterocycles. The molecule has 0 amide bonds. The maximum Gasteiger partial charge on any atom is 0.164 e. The van der Waals surface area contributed by atoms with Crippen LogP contribution in [-0.2, 0) is 6.42 Å². The van der Waals surface area contributed by atoms with Gasteiger partial charge in [0.2, 0.25) is 0 Å². The van der Waals surface area contributed by atoms with Crippen molar-refractivity contribution < 1.29 is 17.6 Å². The Kier molecular flexibility index (Phi) is 8.94. The van der Waals surface area contributed by atoms with E-state index >= 15 is 0 Å². The van der Waals surface area contributed by atoms with Crippen molar-refractivity contribution in [1.82, 2.24) is 0 Å². The first-order valence-electron chi connectivity index (χ1n) is 11.6. The average Bonchev–Trinajstić information content (AvgIpc) is 2.78. The normalized spacial score (nSPS) is 19.6. The molecule has 1 aliphatic rings. The highest BCUT2D eigenvalue weighted by Crippen LogP contribution is 2.32. The van der Waals surface area contributed by atoms with Gasteiger partial charge in [0, 0.05) is 8.80 Å². The van der Waals surface area contributed by atoms with Crippen LogP contribution >= 0.6 is 0 Å². The smallest absolute Gasteiger partial charge is 0.164 e. The molecular weight excluding hydrogens is 416 g/mol. The molecule has 0 aliphatic carbocycles. The highest BCUT2D eigenvalue weighted by molar-refractivity contribution is 6.58. The molecule has 0 radical (unpaired) electrons. The van der Waals surface area contributed by atoms with E-state index in [1.807, 2.05) is 24.3 Å². The summed E-state index contributed by atoms with van der Waals surface area (Å²) in [5, 5.41) is 0. The SMILES string of the molecule is CCCCC[SiH]1CCC(CCc2ccc(-c3cc(F)c(/C(F)=C/F)c(F)c3)cc2)CC1. The van der Waals surface area contributed by atoms with Gasteiger partial charge >= 0.3 is 0 Å². The second-order valence-corrected chi connectivity index (χ2v) is 12.4. The van der Waals surface area contributed by atoms with Gasteiger partial charge in [-0.25, -0.2) is 17.6 Å². The van der Waals surface area contributed by atoms with E-state index in [2.05, 4.69) is 6.92 Å². The number of unbranched alkanes of at least 4 members (excludes halogenated alkanes) is 2. The van der Waals surface area contributed by atoms with E-state index in [4.69, 9.17) is 0 Å². The zero-order chi connectivity index (χ0) is 22.2. The first kappa shape index (κ1) is 23.8. The third kappa shape index (κ3) is 6.55. The Morgan fingerprint density at radius 2 is 1.65 bits per heavy atom. The molecule has 1 fully saturated rings. The molecule has 0 bridgehead atoms. The molecule has 0 saturated carbocycles. The summed E-state index contributed by atoms with van der Waals surface area (Å²) in [5.74, 6) is -2.95. The summed E-state index contributed by atoms with van der Waals surface area (Å²) >= 11 is 0. The Labute approximate surface area is 185 Å². The molecule has 31 heavy (non-hydrogen) atoms. The number of aryl methyl sites for hydroxylation is 1. The first-order chi connectivity index (χ1) is 15.0. The van der Waals surface area contributed by atoms with Gasteiger partial charge in [0.05, 0.1) is 5.56 Å². The number of hydrogen-bond donors (Lipinski definition) is 0. The summed E-state index contributed by atoms with van der Waals surface area (Å²) in [6.07, 6.45) is 8.68. The molecule has 1 aliphatic heterocycles. The van der Waals surface area contributed by atoms with E-state index < -0.39 is 38.2 Å². The predicted octanol–water partition coefficient (Wildman–Crippen LogP) is 8.63. The number of benzene rings is 2. The Morgan fingerprint density at radius 1 is 1.00 bits per heavy atom. The van der Waals surface area contributed by atoms with Crippen LogP contribution in [0.25, 0.3) is 17.0 Å². The van der Waals surface area contributed by atoms with Crippen LogP contribution in [0, 0.1) is 17.6 Å². The minimum Gasteiger partial charge on any atom is -0.212 e. The van der Waals surface area contributed by atoms with E-state index in [1.165, 1.54) is 62.2 Å². The van der Waals surface area contributed by atoms with Gasteiger partial charge in [0.15, 0.2) is 5.83 Å². The molecule has 2 aromatic carbocycles. The standard InChI is InChI=1S/C26H32F4Si/c1-2-3-4-13-31-14-11-20(12-15-31)6-5-19-7-9-21(10-8-19)22-16-23(28)26(24(29)17-22)25(30)18-27/h7-10,16-18,20,31H,2-6,11-15H2,1H3/b25-18-. The Balaban J connectivity index is 1.53. The number of hydrogen-bond acceptors (Lipinski definition) is 0. The topological polar surface area (TPSA) is 0 Å². The monoisotopic (exact) mass is 448 g/mol. The average molecular weight is 449 g/mol. The van der Waals surface area contributed by atoms with Gasteiger partial charge in [-0.15, -0.1) is 0 Å². The second-order valence-electron chi connectivity index (χ2n) is 8.89. The molecule has 0 spiro atoms. The Morgan fingerprint density at radius 3 is 2.23 bits per heavy atom. The van der Waals surface area contributed by atoms with Crippen LogP contribution in [0.2, 0.25) is 18.1 Å². The van der Waals surface area contributed by atoms with Crippen LogP contribution in [0.3, 0.4) is 0 Å². The fourth-order valence-corrected chi connectivity index (χ4v) is 8.37. The van der Waals surface area contributed by atoms with E-state index in [9.17, 15) is 17.6 Å². The van der Waals surface area contributed by atoms with Crippen molar-refractivity contribution in [3.05, 3.63) is 65.5 Å². The largest absolute Gasteiger partial charge is 0.212 e. The van der Waals surface area contributed by atoms with Crippen molar-refractivity contribution in [2.24, 2.45) is 5.92 Å². The fraction of sp³-hybridized carbons (Fsp3) is 0.462. The summed E-state index contributed by atoms with van der Waals surface area (Å²) in [7, 11) is -0.467. The van der Waals surface area contributed by atoms with Crippen molar-refractivity contribution in [2.45, 2.75) is 70.0 Å². The van der Waals surface area contributed by atoms with Crippen LogP contribution < -0.4 is 0 Å². The Bertz CT molecular complexity index is 844. The molecule has 0 aromatic heterocycles. The zero-order valence-corrected chi connectivity index (χ0v) is 19.4. The zero-order valence-electron chi connectivity index (χ0n) is 18.3. The van der Waals surface area contributed by atoms with Crippen LogP contribution in [0.4, 0.5) is 17.6 Å². The van der Waals surface area contributed by atoms with Gasteiger partial charge in [0.25, 0.3) is 0 Å². The van der Waals surface area contributed by atoms with Gasteiger partial charge < -0.3 is 0 Å². The molecule has 0 N–H and O–H groups in total. The summed E-state index contributed by atoms with van der Waals surface area (Å²) in [4.78, 5) is 0. The van der Waals surface area contributed by atoms with Crippen LogP contribution in [0.1, 0.15) is 56.6 Å².